The van der Waals surface area contributed by atoms with Gasteiger partial charge in [0.15, 0.2) is 0 Å². The molecule has 0 aromatic carbocycles. The molecule has 0 bridgehead atoms. The van der Waals surface area contributed by atoms with Crippen LogP contribution in [0.15, 0.2) is 0 Å². The summed E-state index contributed by atoms with van der Waals surface area (Å²) in [6.07, 6.45) is 35.6. The number of hydrogen-bond acceptors (Lipinski definition) is 5. The molecule has 0 spiro atoms. The quantitative estimate of drug-likeness (QED) is 0.0413. The van der Waals surface area contributed by atoms with E-state index in [9.17, 15) is 5.11 Å². The van der Waals surface area contributed by atoms with E-state index in [0.29, 0.717) is 13.1 Å². The lowest BCUT2D eigenvalue weighted by Crippen LogP contribution is -3.13. The Kier molecular flexibility index (Phi) is 42.5. The Labute approximate surface area is 277 Å². The first kappa shape index (κ1) is 45.9. The molecule has 0 fully saturated rings. The second-order valence-electron chi connectivity index (χ2n) is 13.7. The monoisotopic (exact) mass is 630 g/mol. The Balaban J connectivity index is 0. The Morgan fingerprint density at radius 2 is 0.773 bits per heavy atom. The number of nitrogens with two attached hydrogens (primary N) is 2. The second-order valence-corrected chi connectivity index (χ2v) is 13.7. The Morgan fingerprint density at radius 3 is 1.11 bits per heavy atom. The number of unbranched alkanes of at least 4 members (excludes halogenated alkanes) is 23. The first-order valence-electron chi connectivity index (χ1n) is 19.8. The summed E-state index contributed by atoms with van der Waals surface area (Å²) in [7, 11) is 0. The normalized spacial score (nSPS) is 13.4. The predicted octanol–water partition coefficient (Wildman–Crippen LogP) is 7.29. The highest BCUT2D eigenvalue weighted by molar-refractivity contribution is 4.55. The van der Waals surface area contributed by atoms with Crippen LogP contribution in [0.3, 0.4) is 0 Å². The highest BCUT2D eigenvalue weighted by Crippen LogP contribution is 2.13. The zero-order valence-electron chi connectivity index (χ0n) is 30.5. The minimum atomic E-state index is -0.346. The summed E-state index contributed by atoms with van der Waals surface area (Å²) >= 11 is 0. The van der Waals surface area contributed by atoms with Gasteiger partial charge in [-0.25, -0.2) is 0 Å². The molecule has 6 nitrogen and oxygen atoms in total. The fourth-order valence-electron chi connectivity index (χ4n) is 5.80. The van der Waals surface area contributed by atoms with E-state index in [2.05, 4.69) is 19.2 Å². The zero-order chi connectivity index (χ0) is 32.8. The minimum absolute atomic E-state index is 0.338. The van der Waals surface area contributed by atoms with Gasteiger partial charge in [0.05, 0.1) is 19.2 Å². The van der Waals surface area contributed by atoms with Crippen LogP contribution in [0.25, 0.3) is 0 Å². The average Bonchev–Trinajstić information content (AvgIpc) is 3.02. The minimum Gasteiger partial charge on any atom is -0.392 e. The summed E-state index contributed by atoms with van der Waals surface area (Å²) in [5.74, 6) is 0. The van der Waals surface area contributed by atoms with Crippen molar-refractivity contribution in [1.82, 2.24) is 5.32 Å². The van der Waals surface area contributed by atoms with Crippen LogP contribution in [-0.4, -0.2) is 68.2 Å². The molecule has 0 aromatic heterocycles. The summed E-state index contributed by atoms with van der Waals surface area (Å²) in [5, 5.41) is 22.0. The van der Waals surface area contributed by atoms with Crippen molar-refractivity contribution in [3.63, 3.8) is 0 Å². The topological polar surface area (TPSA) is 109 Å². The van der Waals surface area contributed by atoms with Crippen LogP contribution in [0.2, 0.25) is 0 Å². The van der Waals surface area contributed by atoms with Crippen molar-refractivity contribution in [3.05, 3.63) is 0 Å². The van der Waals surface area contributed by atoms with E-state index in [0.717, 1.165) is 13.1 Å². The number of quaternary nitrogens is 1. The van der Waals surface area contributed by atoms with Gasteiger partial charge in [-0.1, -0.05) is 149 Å². The van der Waals surface area contributed by atoms with Gasteiger partial charge in [0.25, 0.3) is 0 Å². The number of aliphatic hydroxyl groups is 2. The summed E-state index contributed by atoms with van der Waals surface area (Å²) in [4.78, 5) is 1.56. The number of hydrogen-bond donors (Lipinski definition) is 6. The molecule has 0 heterocycles. The van der Waals surface area contributed by atoms with E-state index in [1.54, 1.807) is 11.8 Å². The van der Waals surface area contributed by atoms with Crippen molar-refractivity contribution in [1.29, 1.82) is 0 Å². The summed E-state index contributed by atoms with van der Waals surface area (Å²) < 4.78 is 0. The average molecular weight is 630 g/mol. The molecule has 0 aliphatic rings. The smallest absolute Gasteiger partial charge is 0.115 e. The molecule has 0 saturated heterocycles. The van der Waals surface area contributed by atoms with Gasteiger partial charge in [0.2, 0.25) is 0 Å². The van der Waals surface area contributed by atoms with E-state index < -0.39 is 0 Å². The Bertz CT molecular complexity index is 495. The van der Waals surface area contributed by atoms with Gasteiger partial charge >= 0.3 is 0 Å². The molecule has 3 atom stereocenters. The summed E-state index contributed by atoms with van der Waals surface area (Å²) in [5.41, 5.74) is 10.6. The van der Waals surface area contributed by atoms with Crippen LogP contribution >= 0.6 is 0 Å². The van der Waals surface area contributed by atoms with Crippen LogP contribution in [0, 0.1) is 0 Å². The second kappa shape index (κ2) is 40.8. The lowest BCUT2D eigenvalue weighted by atomic mass is 10.1. The van der Waals surface area contributed by atoms with Crippen molar-refractivity contribution in [2.75, 3.05) is 45.8 Å². The molecular formula is C38H85N4O2+. The van der Waals surface area contributed by atoms with Gasteiger partial charge < -0.3 is 31.9 Å². The van der Waals surface area contributed by atoms with Crippen molar-refractivity contribution in [3.8, 4) is 0 Å². The molecule has 0 radical (unpaired) electrons. The van der Waals surface area contributed by atoms with Gasteiger partial charge in [0, 0.05) is 13.1 Å². The third-order valence-electron chi connectivity index (χ3n) is 8.86. The number of aliphatic hydroxyl groups excluding tert-OH is 2. The van der Waals surface area contributed by atoms with E-state index in [-0.39, 0.29) is 12.2 Å². The highest BCUT2D eigenvalue weighted by Gasteiger charge is 2.13. The van der Waals surface area contributed by atoms with Gasteiger partial charge in [-0.15, -0.1) is 0 Å². The van der Waals surface area contributed by atoms with Crippen LogP contribution in [-0.2, 0) is 0 Å². The fourth-order valence-corrected chi connectivity index (χ4v) is 5.80. The molecule has 6 heteroatoms. The van der Waals surface area contributed by atoms with Gasteiger partial charge in [-0.2, -0.15) is 0 Å². The summed E-state index contributed by atoms with van der Waals surface area (Å²) in [6.45, 7) is 12.5. The highest BCUT2D eigenvalue weighted by atomic mass is 16.3. The maximum atomic E-state index is 10.1. The van der Waals surface area contributed by atoms with Crippen LogP contribution in [0.1, 0.15) is 188 Å². The van der Waals surface area contributed by atoms with E-state index in [4.69, 9.17) is 16.6 Å². The largest absolute Gasteiger partial charge is 0.392 e. The van der Waals surface area contributed by atoms with E-state index in [1.807, 2.05) is 0 Å². The Morgan fingerprint density at radius 1 is 0.477 bits per heavy atom. The molecule has 0 saturated carbocycles. The van der Waals surface area contributed by atoms with Crippen molar-refractivity contribution < 1.29 is 15.1 Å². The maximum absolute atomic E-state index is 10.1. The number of rotatable bonds is 35. The molecule has 0 amide bonds. The molecule has 268 valence electrons. The fraction of sp³-hybridized carbons (Fsp3) is 1.00. The standard InChI is InChI=1S/C35H75N3O.C3H9NO/c1-3-5-7-9-11-13-15-17-19-21-23-25-29-37-30-26-28-32-38(34-35(39)33-36)31-27-24-22-20-18-16-14-12-10-8-6-4-2;1-3(5)2-4/h35,37,39H,3-34,36H2,1-2H3;3,5H,2,4H2,1H3/p+1. The summed E-state index contributed by atoms with van der Waals surface area (Å²) in [6, 6.07) is 0. The third kappa shape index (κ3) is 41.8. The number of nitrogens with one attached hydrogen (secondary N) is 2. The molecule has 3 unspecified atom stereocenters. The van der Waals surface area contributed by atoms with Crippen LogP contribution in [0.5, 0.6) is 0 Å². The van der Waals surface area contributed by atoms with Gasteiger partial charge in [-0.3, -0.25) is 0 Å². The Hall–Kier alpha value is -0.240. The maximum Gasteiger partial charge on any atom is 0.115 e. The third-order valence-corrected chi connectivity index (χ3v) is 8.86. The predicted molar refractivity (Wildman–Crippen MR) is 196 cm³/mol. The first-order valence-corrected chi connectivity index (χ1v) is 19.8. The molecular weight excluding hydrogens is 544 g/mol. The van der Waals surface area contributed by atoms with Gasteiger partial charge in [0.1, 0.15) is 12.6 Å². The molecule has 0 rings (SSSR count). The zero-order valence-corrected chi connectivity index (χ0v) is 30.5. The first-order chi connectivity index (χ1) is 21.5. The lowest BCUT2D eigenvalue weighted by Gasteiger charge is -2.22. The lowest BCUT2D eigenvalue weighted by molar-refractivity contribution is -0.903. The molecule has 0 aromatic rings. The SMILES string of the molecule is CC(O)CN.CCCCCCCCCCCCCCNCCCC[NH+](CCCCCCCCCCCCCC)CC(O)CN. The molecule has 0 aliphatic heterocycles. The van der Waals surface area contributed by atoms with E-state index >= 15 is 0 Å². The van der Waals surface area contributed by atoms with E-state index in [1.165, 1.54) is 187 Å². The van der Waals surface area contributed by atoms with Crippen LogP contribution < -0.4 is 21.7 Å². The van der Waals surface area contributed by atoms with Crippen molar-refractivity contribution in [2.45, 2.75) is 200 Å². The molecule has 0 aliphatic carbocycles. The van der Waals surface area contributed by atoms with Crippen molar-refractivity contribution in [2.24, 2.45) is 11.5 Å². The van der Waals surface area contributed by atoms with Gasteiger partial charge in [-0.05, 0) is 52.1 Å². The molecule has 44 heavy (non-hydrogen) atoms. The van der Waals surface area contributed by atoms with Crippen LogP contribution in [0.4, 0.5) is 0 Å². The van der Waals surface area contributed by atoms with Crippen molar-refractivity contribution >= 4 is 0 Å². The molecule has 8 N–H and O–H groups in total.